The second-order valence-corrected chi connectivity index (χ2v) is 4.22. The summed E-state index contributed by atoms with van der Waals surface area (Å²) in [4.78, 5) is 0. The van der Waals surface area contributed by atoms with Crippen molar-refractivity contribution in [2.75, 3.05) is 0 Å². The highest BCUT2D eigenvalue weighted by atomic mass is 19.1. The largest absolute Gasteiger partial charge is 0.207 e. The molecule has 0 aliphatic rings. The van der Waals surface area contributed by atoms with Crippen molar-refractivity contribution in [1.82, 2.24) is 0 Å². The van der Waals surface area contributed by atoms with Gasteiger partial charge in [0.1, 0.15) is 11.6 Å². The Bertz CT molecular complexity index is 501. The first-order valence-electron chi connectivity index (χ1n) is 5.64. The van der Waals surface area contributed by atoms with Gasteiger partial charge in [-0.3, -0.25) is 0 Å². The van der Waals surface area contributed by atoms with Crippen LogP contribution in [0.2, 0.25) is 0 Å². The molecule has 0 aliphatic heterocycles. The quantitative estimate of drug-likeness (QED) is 0.748. The maximum atomic E-state index is 13.5. The Balaban J connectivity index is 2.07. The van der Waals surface area contributed by atoms with Crippen LogP contribution in [0.1, 0.15) is 16.7 Å². The molecule has 0 N–H and O–H groups in total. The fourth-order valence-electron chi connectivity index (χ4n) is 1.83. The van der Waals surface area contributed by atoms with E-state index in [2.05, 4.69) is 0 Å². The van der Waals surface area contributed by atoms with Crippen LogP contribution >= 0.6 is 0 Å². The lowest BCUT2D eigenvalue weighted by Gasteiger charge is -2.05. The SMILES string of the molecule is Cc1ccc(F)c(CCc2ccc(F)cc2)c1. The first kappa shape index (κ1) is 11.8. The fraction of sp³-hybridized carbons (Fsp3) is 0.200. The zero-order valence-corrected chi connectivity index (χ0v) is 9.71. The summed E-state index contributed by atoms with van der Waals surface area (Å²) in [6, 6.07) is 11.5. The predicted molar refractivity (Wildman–Crippen MR) is 64.9 cm³/mol. The number of rotatable bonds is 3. The van der Waals surface area contributed by atoms with E-state index in [1.165, 1.54) is 18.2 Å². The third-order valence-corrected chi connectivity index (χ3v) is 2.80. The van der Waals surface area contributed by atoms with Gasteiger partial charge in [-0.05, 0) is 49.1 Å². The molecule has 2 aromatic carbocycles. The minimum Gasteiger partial charge on any atom is -0.207 e. The van der Waals surface area contributed by atoms with Crippen LogP contribution in [0.3, 0.4) is 0 Å². The molecule has 0 aliphatic carbocycles. The molecule has 17 heavy (non-hydrogen) atoms. The van der Waals surface area contributed by atoms with Gasteiger partial charge < -0.3 is 0 Å². The third-order valence-electron chi connectivity index (χ3n) is 2.80. The normalized spacial score (nSPS) is 10.5. The molecule has 2 heteroatoms. The van der Waals surface area contributed by atoms with Crippen molar-refractivity contribution in [3.63, 3.8) is 0 Å². The Morgan fingerprint density at radius 2 is 1.59 bits per heavy atom. The molecule has 0 nitrogen and oxygen atoms in total. The zero-order valence-electron chi connectivity index (χ0n) is 9.71. The van der Waals surface area contributed by atoms with E-state index >= 15 is 0 Å². The molecular weight excluding hydrogens is 218 g/mol. The summed E-state index contributed by atoms with van der Waals surface area (Å²) < 4.78 is 26.2. The molecule has 2 aromatic rings. The van der Waals surface area contributed by atoms with Crippen LogP contribution in [0.15, 0.2) is 42.5 Å². The Labute approximate surface area is 99.9 Å². The van der Waals surface area contributed by atoms with Gasteiger partial charge in [0.05, 0.1) is 0 Å². The average Bonchev–Trinajstić information content (AvgIpc) is 2.32. The van der Waals surface area contributed by atoms with Crippen LogP contribution in [0.25, 0.3) is 0 Å². The van der Waals surface area contributed by atoms with Gasteiger partial charge >= 0.3 is 0 Å². The lowest BCUT2D eigenvalue weighted by atomic mass is 10.0. The van der Waals surface area contributed by atoms with Gasteiger partial charge in [-0.1, -0.05) is 29.8 Å². The monoisotopic (exact) mass is 232 g/mol. The molecule has 0 fully saturated rings. The highest BCUT2D eigenvalue weighted by molar-refractivity contribution is 5.26. The fourth-order valence-corrected chi connectivity index (χ4v) is 1.83. The summed E-state index contributed by atoms with van der Waals surface area (Å²) in [7, 11) is 0. The molecule has 2 rings (SSSR count). The molecular formula is C15H14F2. The maximum Gasteiger partial charge on any atom is 0.126 e. The highest BCUT2D eigenvalue weighted by Gasteiger charge is 2.03. The van der Waals surface area contributed by atoms with Gasteiger partial charge in [0, 0.05) is 0 Å². The van der Waals surface area contributed by atoms with Crippen LogP contribution in [-0.4, -0.2) is 0 Å². The van der Waals surface area contributed by atoms with Crippen LogP contribution < -0.4 is 0 Å². The lowest BCUT2D eigenvalue weighted by Crippen LogP contribution is -1.95. The Morgan fingerprint density at radius 3 is 2.29 bits per heavy atom. The topological polar surface area (TPSA) is 0 Å². The molecule has 88 valence electrons. The van der Waals surface area contributed by atoms with Gasteiger partial charge in [-0.15, -0.1) is 0 Å². The van der Waals surface area contributed by atoms with Crippen LogP contribution in [0.5, 0.6) is 0 Å². The molecule has 0 unspecified atom stereocenters. The molecule has 0 heterocycles. The number of benzene rings is 2. The predicted octanol–water partition coefficient (Wildman–Crippen LogP) is 4.06. The second kappa shape index (κ2) is 5.09. The third kappa shape index (κ3) is 3.13. The van der Waals surface area contributed by atoms with Crippen molar-refractivity contribution in [3.8, 4) is 0 Å². The van der Waals surface area contributed by atoms with Gasteiger partial charge in [0.2, 0.25) is 0 Å². The minimum absolute atomic E-state index is 0.169. The maximum absolute atomic E-state index is 13.5. The van der Waals surface area contributed by atoms with E-state index in [1.54, 1.807) is 18.2 Å². The van der Waals surface area contributed by atoms with Crippen LogP contribution in [-0.2, 0) is 12.8 Å². The van der Waals surface area contributed by atoms with E-state index in [0.29, 0.717) is 12.0 Å². The van der Waals surface area contributed by atoms with E-state index in [9.17, 15) is 8.78 Å². The first-order valence-corrected chi connectivity index (χ1v) is 5.64. The molecule has 0 bridgehead atoms. The van der Waals surface area contributed by atoms with Crippen molar-refractivity contribution in [2.45, 2.75) is 19.8 Å². The number of hydrogen-bond acceptors (Lipinski definition) is 0. The molecule has 0 radical (unpaired) electrons. The van der Waals surface area contributed by atoms with Gasteiger partial charge in [0.25, 0.3) is 0 Å². The van der Waals surface area contributed by atoms with Gasteiger partial charge in [0.15, 0.2) is 0 Å². The summed E-state index contributed by atoms with van der Waals surface area (Å²) in [5.74, 6) is -0.409. The summed E-state index contributed by atoms with van der Waals surface area (Å²) in [5, 5.41) is 0. The zero-order chi connectivity index (χ0) is 12.3. The Kier molecular flexibility index (Phi) is 3.52. The van der Waals surface area contributed by atoms with Crippen molar-refractivity contribution in [1.29, 1.82) is 0 Å². The number of aryl methyl sites for hydroxylation is 3. The van der Waals surface area contributed by atoms with Crippen molar-refractivity contribution < 1.29 is 8.78 Å². The second-order valence-electron chi connectivity index (χ2n) is 4.22. The number of hydrogen-bond donors (Lipinski definition) is 0. The number of halogens is 2. The van der Waals surface area contributed by atoms with Crippen LogP contribution in [0, 0.1) is 18.6 Å². The van der Waals surface area contributed by atoms with E-state index < -0.39 is 0 Å². The molecule has 0 aromatic heterocycles. The Hall–Kier alpha value is -1.70. The molecule has 0 atom stereocenters. The summed E-state index contributed by atoms with van der Waals surface area (Å²) >= 11 is 0. The molecule has 0 amide bonds. The van der Waals surface area contributed by atoms with Crippen molar-refractivity contribution in [3.05, 3.63) is 70.8 Å². The van der Waals surface area contributed by atoms with Gasteiger partial charge in [-0.2, -0.15) is 0 Å². The van der Waals surface area contributed by atoms with Crippen molar-refractivity contribution >= 4 is 0 Å². The smallest absolute Gasteiger partial charge is 0.126 e. The van der Waals surface area contributed by atoms with E-state index in [4.69, 9.17) is 0 Å². The lowest BCUT2D eigenvalue weighted by molar-refractivity contribution is 0.607. The van der Waals surface area contributed by atoms with E-state index in [0.717, 1.165) is 17.5 Å². The van der Waals surface area contributed by atoms with E-state index in [-0.39, 0.29) is 11.6 Å². The molecule has 0 saturated carbocycles. The molecule has 0 saturated heterocycles. The first-order chi connectivity index (χ1) is 8.15. The van der Waals surface area contributed by atoms with E-state index in [1.807, 2.05) is 13.0 Å². The summed E-state index contributed by atoms with van der Waals surface area (Å²) in [5.41, 5.74) is 2.79. The van der Waals surface area contributed by atoms with Crippen LogP contribution in [0.4, 0.5) is 8.78 Å². The summed E-state index contributed by atoms with van der Waals surface area (Å²) in [6.45, 7) is 1.95. The standard InChI is InChI=1S/C15H14F2/c1-11-2-9-15(17)13(10-11)6-3-12-4-7-14(16)8-5-12/h2,4-5,7-10H,3,6H2,1H3. The van der Waals surface area contributed by atoms with Gasteiger partial charge in [-0.25, -0.2) is 8.78 Å². The minimum atomic E-state index is -0.240. The summed E-state index contributed by atoms with van der Waals surface area (Å²) in [6.07, 6.45) is 1.36. The Morgan fingerprint density at radius 1 is 0.882 bits per heavy atom. The average molecular weight is 232 g/mol. The highest BCUT2D eigenvalue weighted by Crippen LogP contribution is 2.13. The molecule has 0 spiro atoms. The van der Waals surface area contributed by atoms with Crippen molar-refractivity contribution in [2.24, 2.45) is 0 Å².